The summed E-state index contributed by atoms with van der Waals surface area (Å²) in [7, 11) is 0. The Morgan fingerprint density at radius 2 is 1.81 bits per heavy atom. The summed E-state index contributed by atoms with van der Waals surface area (Å²) < 4.78 is 0. The zero-order valence-corrected chi connectivity index (χ0v) is 15.2. The SMILES string of the molecule is CCc1c(-c2ccc(N3CC4CNCC4C3)cc2)[nH]c(=O)c(C(=O)O)c1O. The fourth-order valence-corrected chi connectivity index (χ4v) is 4.32. The zero-order valence-electron chi connectivity index (χ0n) is 15.2. The van der Waals surface area contributed by atoms with Crippen LogP contribution in [0.3, 0.4) is 0 Å². The number of nitrogens with one attached hydrogen (secondary N) is 2. The highest BCUT2D eigenvalue weighted by Crippen LogP contribution is 2.33. The van der Waals surface area contributed by atoms with Gasteiger partial charge in [0.1, 0.15) is 5.75 Å². The Labute approximate surface area is 156 Å². The maximum absolute atomic E-state index is 12.1. The molecule has 2 atom stereocenters. The molecule has 0 bridgehead atoms. The molecule has 2 aliphatic heterocycles. The van der Waals surface area contributed by atoms with Crippen molar-refractivity contribution in [1.29, 1.82) is 0 Å². The fraction of sp³-hybridized carbons (Fsp3) is 0.400. The molecule has 2 aliphatic rings. The topological polar surface area (TPSA) is 106 Å². The summed E-state index contributed by atoms with van der Waals surface area (Å²) in [5.41, 5.74) is 1.39. The highest BCUT2D eigenvalue weighted by molar-refractivity contribution is 5.92. The summed E-state index contributed by atoms with van der Waals surface area (Å²) in [5, 5.41) is 22.9. The summed E-state index contributed by atoms with van der Waals surface area (Å²) in [6.07, 6.45) is 0.405. The number of anilines is 1. The predicted molar refractivity (Wildman–Crippen MR) is 103 cm³/mol. The Morgan fingerprint density at radius 1 is 1.19 bits per heavy atom. The smallest absolute Gasteiger partial charge is 0.345 e. The first-order valence-corrected chi connectivity index (χ1v) is 9.27. The normalized spacial score (nSPS) is 21.4. The second-order valence-corrected chi connectivity index (χ2v) is 7.32. The number of nitrogens with zero attached hydrogens (tertiary/aromatic N) is 1. The molecule has 7 heteroatoms. The van der Waals surface area contributed by atoms with Crippen molar-refractivity contribution in [2.24, 2.45) is 11.8 Å². The van der Waals surface area contributed by atoms with Gasteiger partial charge in [-0.2, -0.15) is 0 Å². The number of aromatic amines is 1. The number of carboxylic acid groups (broad SMARTS) is 1. The van der Waals surface area contributed by atoms with Crippen LogP contribution < -0.4 is 15.8 Å². The molecule has 0 radical (unpaired) electrons. The summed E-state index contributed by atoms with van der Waals surface area (Å²) >= 11 is 0. The summed E-state index contributed by atoms with van der Waals surface area (Å²) in [6.45, 7) is 6.06. The number of H-pyrrole nitrogens is 1. The van der Waals surface area contributed by atoms with Crippen LogP contribution in [0.4, 0.5) is 5.69 Å². The summed E-state index contributed by atoms with van der Waals surface area (Å²) in [4.78, 5) is 28.4. The lowest BCUT2D eigenvalue weighted by molar-refractivity contribution is 0.0691. The number of carboxylic acids is 1. The van der Waals surface area contributed by atoms with Gasteiger partial charge >= 0.3 is 5.97 Å². The lowest BCUT2D eigenvalue weighted by Gasteiger charge is -2.20. The van der Waals surface area contributed by atoms with E-state index in [-0.39, 0.29) is 0 Å². The molecule has 0 amide bonds. The molecule has 0 aliphatic carbocycles. The molecule has 4 rings (SSSR count). The van der Waals surface area contributed by atoms with E-state index in [1.165, 1.54) is 0 Å². The van der Waals surface area contributed by atoms with Crippen LogP contribution in [0, 0.1) is 11.8 Å². The number of hydrogen-bond acceptors (Lipinski definition) is 5. The summed E-state index contributed by atoms with van der Waals surface area (Å²) in [6, 6.07) is 7.85. The van der Waals surface area contributed by atoms with Crippen molar-refractivity contribution < 1.29 is 15.0 Å². The van der Waals surface area contributed by atoms with E-state index >= 15 is 0 Å². The van der Waals surface area contributed by atoms with E-state index in [0.29, 0.717) is 29.5 Å². The number of aromatic carboxylic acids is 1. The number of aromatic nitrogens is 1. The highest BCUT2D eigenvalue weighted by atomic mass is 16.4. The maximum Gasteiger partial charge on any atom is 0.345 e. The average molecular weight is 369 g/mol. The molecule has 142 valence electrons. The van der Waals surface area contributed by atoms with Gasteiger partial charge in [0.25, 0.3) is 5.56 Å². The van der Waals surface area contributed by atoms with Crippen molar-refractivity contribution in [3.63, 3.8) is 0 Å². The number of hydrogen-bond donors (Lipinski definition) is 4. The Kier molecular flexibility index (Phi) is 4.39. The minimum Gasteiger partial charge on any atom is -0.506 e. The first-order valence-electron chi connectivity index (χ1n) is 9.27. The van der Waals surface area contributed by atoms with Crippen LogP contribution in [0.5, 0.6) is 5.75 Å². The molecule has 0 spiro atoms. The van der Waals surface area contributed by atoms with E-state index in [1.807, 2.05) is 31.2 Å². The van der Waals surface area contributed by atoms with E-state index in [2.05, 4.69) is 15.2 Å². The molecule has 2 saturated heterocycles. The number of carbonyl (C=O) groups is 1. The number of benzene rings is 1. The molecule has 7 nitrogen and oxygen atoms in total. The molecule has 2 aromatic rings. The van der Waals surface area contributed by atoms with E-state index in [0.717, 1.165) is 37.4 Å². The van der Waals surface area contributed by atoms with Gasteiger partial charge in [0.2, 0.25) is 0 Å². The molecule has 27 heavy (non-hydrogen) atoms. The van der Waals surface area contributed by atoms with Crippen LogP contribution in [-0.2, 0) is 6.42 Å². The quantitative estimate of drug-likeness (QED) is 0.653. The third kappa shape index (κ3) is 2.98. The minimum absolute atomic E-state index is 0.405. The van der Waals surface area contributed by atoms with Crippen LogP contribution in [-0.4, -0.2) is 47.3 Å². The van der Waals surface area contributed by atoms with Gasteiger partial charge in [-0.3, -0.25) is 4.79 Å². The Bertz CT molecular complexity index is 923. The molecule has 1 aromatic carbocycles. The first kappa shape index (κ1) is 17.6. The van der Waals surface area contributed by atoms with E-state index in [9.17, 15) is 14.7 Å². The lowest BCUT2D eigenvalue weighted by Crippen LogP contribution is -2.25. The molecule has 2 fully saturated rings. The van der Waals surface area contributed by atoms with Crippen molar-refractivity contribution in [2.45, 2.75) is 13.3 Å². The van der Waals surface area contributed by atoms with Crippen LogP contribution in [0.2, 0.25) is 0 Å². The van der Waals surface area contributed by atoms with Gasteiger partial charge in [0.15, 0.2) is 5.56 Å². The van der Waals surface area contributed by atoms with E-state index < -0.39 is 22.8 Å². The van der Waals surface area contributed by atoms with Gasteiger partial charge in [0, 0.05) is 37.4 Å². The second kappa shape index (κ2) is 6.74. The molecular formula is C20H23N3O4. The third-order valence-electron chi connectivity index (χ3n) is 5.77. The van der Waals surface area contributed by atoms with Crippen LogP contribution in [0.25, 0.3) is 11.3 Å². The molecule has 4 N–H and O–H groups in total. The zero-order chi connectivity index (χ0) is 19.1. The molecule has 1 aromatic heterocycles. The fourth-order valence-electron chi connectivity index (χ4n) is 4.32. The van der Waals surface area contributed by atoms with Gasteiger partial charge < -0.3 is 25.4 Å². The van der Waals surface area contributed by atoms with Gasteiger partial charge in [-0.05, 0) is 36.0 Å². The molecular weight excluding hydrogens is 346 g/mol. The van der Waals surface area contributed by atoms with Crippen LogP contribution in [0.1, 0.15) is 22.8 Å². The van der Waals surface area contributed by atoms with E-state index in [4.69, 9.17) is 5.11 Å². The van der Waals surface area contributed by atoms with Crippen molar-refractivity contribution in [3.8, 4) is 17.0 Å². The standard InChI is InChI=1S/C20H23N3O4/c1-2-15-17(22-19(25)16(18(15)24)20(26)27)11-3-5-14(6-4-11)23-9-12-7-21-8-13(12)10-23/h3-6,12-13,21H,2,7-10H2,1H3,(H,26,27)(H2,22,24,25). The van der Waals surface area contributed by atoms with Crippen molar-refractivity contribution in [2.75, 3.05) is 31.1 Å². The number of fused-ring (bicyclic) bond motifs is 1. The predicted octanol–water partition coefficient (Wildman–Crippen LogP) is 1.66. The Hall–Kier alpha value is -2.80. The monoisotopic (exact) mass is 369 g/mol. The first-order chi connectivity index (χ1) is 13.0. The number of aromatic hydroxyl groups is 1. The highest BCUT2D eigenvalue weighted by Gasteiger charge is 2.36. The maximum atomic E-state index is 12.1. The van der Waals surface area contributed by atoms with Gasteiger partial charge in [-0.15, -0.1) is 0 Å². The van der Waals surface area contributed by atoms with Gasteiger partial charge in [0.05, 0.1) is 5.69 Å². The van der Waals surface area contributed by atoms with Crippen LogP contribution in [0.15, 0.2) is 29.1 Å². The average Bonchev–Trinajstić information content (AvgIpc) is 3.23. The van der Waals surface area contributed by atoms with Gasteiger partial charge in [-0.1, -0.05) is 19.1 Å². The molecule has 2 unspecified atom stereocenters. The lowest BCUT2D eigenvalue weighted by atomic mass is 10.0. The van der Waals surface area contributed by atoms with E-state index in [1.54, 1.807) is 0 Å². The Morgan fingerprint density at radius 3 is 2.37 bits per heavy atom. The third-order valence-corrected chi connectivity index (χ3v) is 5.77. The van der Waals surface area contributed by atoms with Crippen molar-refractivity contribution in [1.82, 2.24) is 10.3 Å². The van der Waals surface area contributed by atoms with Gasteiger partial charge in [-0.25, -0.2) is 4.79 Å². The largest absolute Gasteiger partial charge is 0.506 e. The van der Waals surface area contributed by atoms with Crippen molar-refractivity contribution in [3.05, 3.63) is 45.7 Å². The second-order valence-electron chi connectivity index (χ2n) is 7.32. The van der Waals surface area contributed by atoms with Crippen molar-refractivity contribution >= 4 is 11.7 Å². The minimum atomic E-state index is -1.43. The van der Waals surface area contributed by atoms with Crippen LogP contribution >= 0.6 is 0 Å². The molecule has 0 saturated carbocycles. The number of rotatable bonds is 4. The Balaban J connectivity index is 1.66. The summed E-state index contributed by atoms with van der Waals surface area (Å²) in [5.74, 6) is -0.478. The number of pyridine rings is 1. The molecule has 3 heterocycles.